The fourth-order valence-corrected chi connectivity index (χ4v) is 1.61. The summed E-state index contributed by atoms with van der Waals surface area (Å²) < 4.78 is 0. The maximum Gasteiger partial charge on any atom is 0.225 e. The highest BCUT2D eigenvalue weighted by Gasteiger charge is 2.28. The van der Waals surface area contributed by atoms with Gasteiger partial charge in [0.25, 0.3) is 0 Å². The SMILES string of the molecule is CN(C)C(=O)[C@@H]1CC[C@H](N)C1.Cl. The molecule has 1 rings (SSSR count). The Morgan fingerprint density at radius 2 is 2.00 bits per heavy atom. The van der Waals surface area contributed by atoms with E-state index in [9.17, 15) is 4.79 Å². The van der Waals surface area contributed by atoms with Crippen molar-refractivity contribution in [3.05, 3.63) is 0 Å². The van der Waals surface area contributed by atoms with E-state index in [1.54, 1.807) is 19.0 Å². The normalized spacial score (nSPS) is 27.9. The summed E-state index contributed by atoms with van der Waals surface area (Å²) >= 11 is 0. The molecular formula is C8H17ClN2O. The zero-order valence-corrected chi connectivity index (χ0v) is 8.43. The minimum absolute atomic E-state index is 0. The van der Waals surface area contributed by atoms with E-state index in [4.69, 9.17) is 5.73 Å². The molecule has 4 heteroatoms. The predicted molar refractivity (Wildman–Crippen MR) is 51.3 cm³/mol. The number of nitrogens with two attached hydrogens (primary N) is 1. The second-order valence-electron chi connectivity index (χ2n) is 3.50. The van der Waals surface area contributed by atoms with Crippen LogP contribution in [0.25, 0.3) is 0 Å². The van der Waals surface area contributed by atoms with Crippen molar-refractivity contribution in [1.82, 2.24) is 4.90 Å². The minimum Gasteiger partial charge on any atom is -0.349 e. The van der Waals surface area contributed by atoms with E-state index in [2.05, 4.69) is 0 Å². The van der Waals surface area contributed by atoms with Gasteiger partial charge >= 0.3 is 0 Å². The van der Waals surface area contributed by atoms with Crippen LogP contribution in [0.3, 0.4) is 0 Å². The van der Waals surface area contributed by atoms with E-state index in [1.807, 2.05) is 0 Å². The lowest BCUT2D eigenvalue weighted by molar-refractivity contribution is -0.132. The molecular weight excluding hydrogens is 176 g/mol. The number of amides is 1. The van der Waals surface area contributed by atoms with Crippen molar-refractivity contribution in [2.45, 2.75) is 25.3 Å². The van der Waals surface area contributed by atoms with E-state index >= 15 is 0 Å². The van der Waals surface area contributed by atoms with Crippen LogP contribution < -0.4 is 5.73 Å². The molecule has 0 radical (unpaired) electrons. The van der Waals surface area contributed by atoms with Crippen LogP contribution in [-0.2, 0) is 4.79 Å². The molecule has 2 atom stereocenters. The first-order chi connectivity index (χ1) is 5.11. The highest BCUT2D eigenvalue weighted by Crippen LogP contribution is 2.25. The number of rotatable bonds is 1. The first-order valence-corrected chi connectivity index (χ1v) is 4.08. The summed E-state index contributed by atoms with van der Waals surface area (Å²) in [6.07, 6.45) is 2.85. The molecule has 0 heterocycles. The van der Waals surface area contributed by atoms with Crippen LogP contribution in [0.5, 0.6) is 0 Å². The Morgan fingerprint density at radius 3 is 2.33 bits per heavy atom. The van der Waals surface area contributed by atoms with Crippen molar-refractivity contribution in [3.8, 4) is 0 Å². The zero-order valence-electron chi connectivity index (χ0n) is 7.62. The first-order valence-electron chi connectivity index (χ1n) is 4.08. The van der Waals surface area contributed by atoms with Gasteiger partial charge in [0, 0.05) is 26.1 Å². The second kappa shape index (κ2) is 4.67. The number of carbonyl (C=O) groups excluding carboxylic acids is 1. The predicted octanol–water partition coefficient (Wildman–Crippen LogP) is 0.624. The van der Waals surface area contributed by atoms with Crippen LogP contribution in [0.15, 0.2) is 0 Å². The lowest BCUT2D eigenvalue weighted by Gasteiger charge is -2.15. The van der Waals surface area contributed by atoms with Gasteiger partial charge in [0.05, 0.1) is 0 Å². The Labute approximate surface area is 79.7 Å². The van der Waals surface area contributed by atoms with Gasteiger partial charge in [-0.15, -0.1) is 12.4 Å². The number of hydrogen-bond donors (Lipinski definition) is 1. The van der Waals surface area contributed by atoms with Gasteiger partial charge in [0.2, 0.25) is 5.91 Å². The van der Waals surface area contributed by atoms with Gasteiger partial charge in [-0.1, -0.05) is 0 Å². The van der Waals surface area contributed by atoms with Crippen LogP contribution in [0, 0.1) is 5.92 Å². The molecule has 1 aliphatic carbocycles. The fourth-order valence-electron chi connectivity index (χ4n) is 1.61. The van der Waals surface area contributed by atoms with Gasteiger partial charge in [0.15, 0.2) is 0 Å². The Hall–Kier alpha value is -0.280. The monoisotopic (exact) mass is 192 g/mol. The van der Waals surface area contributed by atoms with Crippen molar-refractivity contribution < 1.29 is 4.79 Å². The third-order valence-corrected chi connectivity index (χ3v) is 2.26. The van der Waals surface area contributed by atoms with Gasteiger partial charge in [-0.25, -0.2) is 0 Å². The molecule has 0 spiro atoms. The first kappa shape index (κ1) is 11.7. The van der Waals surface area contributed by atoms with Crippen LogP contribution in [-0.4, -0.2) is 30.9 Å². The fraction of sp³-hybridized carbons (Fsp3) is 0.875. The molecule has 1 aliphatic rings. The summed E-state index contributed by atoms with van der Waals surface area (Å²) in [6.45, 7) is 0. The van der Waals surface area contributed by atoms with Crippen molar-refractivity contribution in [1.29, 1.82) is 0 Å². The standard InChI is InChI=1S/C8H16N2O.ClH/c1-10(2)8(11)6-3-4-7(9)5-6;/h6-7H,3-5,9H2,1-2H3;1H/t6-,7+;/m1./s1. The molecule has 72 valence electrons. The van der Waals surface area contributed by atoms with Gasteiger partial charge in [-0.05, 0) is 19.3 Å². The topological polar surface area (TPSA) is 46.3 Å². The maximum absolute atomic E-state index is 11.4. The van der Waals surface area contributed by atoms with E-state index in [-0.39, 0.29) is 30.3 Å². The third kappa shape index (κ3) is 2.64. The molecule has 0 aromatic heterocycles. The molecule has 12 heavy (non-hydrogen) atoms. The van der Waals surface area contributed by atoms with Gasteiger partial charge in [-0.2, -0.15) is 0 Å². The number of carbonyl (C=O) groups is 1. The molecule has 1 amide bonds. The molecule has 1 saturated carbocycles. The van der Waals surface area contributed by atoms with Gasteiger partial charge in [-0.3, -0.25) is 4.79 Å². The Kier molecular flexibility index (Phi) is 4.57. The highest BCUT2D eigenvalue weighted by molar-refractivity contribution is 5.85. The Morgan fingerprint density at radius 1 is 1.42 bits per heavy atom. The number of hydrogen-bond acceptors (Lipinski definition) is 2. The molecule has 2 N–H and O–H groups in total. The molecule has 0 saturated heterocycles. The van der Waals surface area contributed by atoms with Crippen molar-refractivity contribution in [2.75, 3.05) is 14.1 Å². The van der Waals surface area contributed by atoms with Crippen molar-refractivity contribution >= 4 is 18.3 Å². The van der Waals surface area contributed by atoms with Gasteiger partial charge in [0.1, 0.15) is 0 Å². The second-order valence-corrected chi connectivity index (χ2v) is 3.50. The van der Waals surface area contributed by atoms with E-state index in [0.29, 0.717) is 0 Å². The molecule has 0 unspecified atom stereocenters. The van der Waals surface area contributed by atoms with Crippen molar-refractivity contribution in [3.63, 3.8) is 0 Å². The number of halogens is 1. The molecule has 1 fully saturated rings. The average Bonchev–Trinajstić information content (AvgIpc) is 2.34. The van der Waals surface area contributed by atoms with E-state index in [1.165, 1.54) is 0 Å². The van der Waals surface area contributed by atoms with Crippen LogP contribution in [0.1, 0.15) is 19.3 Å². The molecule has 0 bridgehead atoms. The molecule has 0 aromatic rings. The van der Waals surface area contributed by atoms with Gasteiger partial charge < -0.3 is 10.6 Å². The molecule has 0 aromatic carbocycles. The van der Waals surface area contributed by atoms with Crippen LogP contribution in [0.2, 0.25) is 0 Å². The molecule has 3 nitrogen and oxygen atoms in total. The summed E-state index contributed by atoms with van der Waals surface area (Å²) in [5.41, 5.74) is 5.69. The Balaban J connectivity index is 0.00000121. The summed E-state index contributed by atoms with van der Waals surface area (Å²) in [5.74, 6) is 0.429. The quantitative estimate of drug-likeness (QED) is 0.663. The zero-order chi connectivity index (χ0) is 8.43. The Bertz CT molecular complexity index is 161. The summed E-state index contributed by atoms with van der Waals surface area (Å²) in [6, 6.07) is 0.254. The van der Waals surface area contributed by atoms with E-state index in [0.717, 1.165) is 19.3 Å². The third-order valence-electron chi connectivity index (χ3n) is 2.26. The molecule has 0 aliphatic heterocycles. The van der Waals surface area contributed by atoms with Crippen LogP contribution in [0.4, 0.5) is 0 Å². The smallest absolute Gasteiger partial charge is 0.225 e. The van der Waals surface area contributed by atoms with Crippen molar-refractivity contribution in [2.24, 2.45) is 11.7 Å². The lowest BCUT2D eigenvalue weighted by Crippen LogP contribution is -2.29. The largest absolute Gasteiger partial charge is 0.349 e. The summed E-state index contributed by atoms with van der Waals surface area (Å²) in [4.78, 5) is 13.0. The summed E-state index contributed by atoms with van der Waals surface area (Å²) in [7, 11) is 3.60. The summed E-state index contributed by atoms with van der Waals surface area (Å²) in [5, 5.41) is 0. The highest BCUT2D eigenvalue weighted by atomic mass is 35.5. The average molecular weight is 193 g/mol. The van der Waals surface area contributed by atoms with E-state index < -0.39 is 0 Å². The maximum atomic E-state index is 11.4. The lowest BCUT2D eigenvalue weighted by atomic mass is 10.1. The number of nitrogens with zero attached hydrogens (tertiary/aromatic N) is 1. The minimum atomic E-state index is 0. The van der Waals surface area contributed by atoms with Crippen LogP contribution >= 0.6 is 12.4 Å².